The first kappa shape index (κ1) is 22.4. The lowest BCUT2D eigenvalue weighted by Crippen LogP contribution is -2.54. The highest BCUT2D eigenvalue weighted by molar-refractivity contribution is 5.36. The summed E-state index contributed by atoms with van der Waals surface area (Å²) in [4.78, 5) is 12.8. The van der Waals surface area contributed by atoms with Crippen molar-refractivity contribution in [1.29, 1.82) is 0 Å². The maximum absolute atomic E-state index is 11.2. The minimum atomic E-state index is -0.776. The molecule has 1 aliphatic rings. The normalized spacial score (nSPS) is 19.3. The first-order valence-electron chi connectivity index (χ1n) is 10.4. The molecule has 2 heterocycles. The Labute approximate surface area is 178 Å². The van der Waals surface area contributed by atoms with Gasteiger partial charge in [0.1, 0.15) is 18.2 Å². The highest BCUT2D eigenvalue weighted by atomic mass is 16.5. The van der Waals surface area contributed by atoms with Crippen LogP contribution in [-0.2, 0) is 11.3 Å². The Hall–Kier alpha value is -2.26. The summed E-state index contributed by atoms with van der Waals surface area (Å²) in [6.45, 7) is 4.03. The van der Waals surface area contributed by atoms with Crippen LogP contribution >= 0.6 is 0 Å². The van der Waals surface area contributed by atoms with Crippen LogP contribution in [0.15, 0.2) is 42.9 Å². The van der Waals surface area contributed by atoms with Crippen LogP contribution in [0.1, 0.15) is 18.4 Å². The maximum atomic E-state index is 11.2. The second kappa shape index (κ2) is 11.2. The summed E-state index contributed by atoms with van der Waals surface area (Å²) in [6.07, 6.45) is 6.80. The fraction of sp³-hybridized carbons (Fsp3) is 0.545. The van der Waals surface area contributed by atoms with Gasteiger partial charge in [-0.25, -0.2) is 4.98 Å². The zero-order chi connectivity index (χ0) is 21.2. The van der Waals surface area contributed by atoms with Crippen molar-refractivity contribution in [2.24, 2.45) is 0 Å². The molecular formula is C22H32N4O4. The zero-order valence-electron chi connectivity index (χ0n) is 17.6. The summed E-state index contributed by atoms with van der Waals surface area (Å²) < 4.78 is 10.8. The van der Waals surface area contributed by atoms with Gasteiger partial charge < -0.3 is 24.6 Å². The molecule has 3 rings (SSSR count). The van der Waals surface area contributed by atoms with Crippen LogP contribution < -0.4 is 9.64 Å². The molecule has 1 aliphatic heterocycles. The highest BCUT2D eigenvalue weighted by Gasteiger charge is 2.34. The van der Waals surface area contributed by atoms with Crippen LogP contribution in [-0.4, -0.2) is 83.8 Å². The Kier molecular flexibility index (Phi) is 8.39. The first-order chi connectivity index (χ1) is 14.6. The van der Waals surface area contributed by atoms with Crippen LogP contribution in [0, 0.1) is 0 Å². The average Bonchev–Trinajstić information content (AvgIpc) is 2.75. The SMILES string of the molecule is CN(Cc1ccc(OCCOCCO)cc1)C[C@]1(O)CCCN(c2cnccn2)C1. The fourth-order valence-electron chi connectivity index (χ4n) is 3.84. The Morgan fingerprint density at radius 1 is 1.17 bits per heavy atom. The predicted molar refractivity (Wildman–Crippen MR) is 115 cm³/mol. The standard InChI is InChI=1S/C22H32N4O4/c1-25(16-19-3-5-20(6-4-19)30-14-13-29-12-11-27)17-22(28)7-2-10-26(18-22)21-15-23-8-9-24-21/h3-6,8-9,15,27-28H,2,7,10-14,16-18H2,1H3/t22-/m1/s1. The van der Waals surface area contributed by atoms with Crippen LogP contribution in [0.3, 0.4) is 0 Å². The van der Waals surface area contributed by atoms with Gasteiger partial charge >= 0.3 is 0 Å². The van der Waals surface area contributed by atoms with E-state index >= 15 is 0 Å². The number of nitrogens with zero attached hydrogens (tertiary/aromatic N) is 4. The van der Waals surface area contributed by atoms with E-state index in [9.17, 15) is 5.11 Å². The van der Waals surface area contributed by atoms with Crippen LogP contribution in [0.4, 0.5) is 5.82 Å². The van der Waals surface area contributed by atoms with E-state index in [-0.39, 0.29) is 6.61 Å². The van der Waals surface area contributed by atoms with Gasteiger partial charge in [-0.2, -0.15) is 0 Å². The number of β-amino-alcohol motifs (C(OH)–C–C–N with tert-alkyl or cyclic N) is 1. The Bertz CT molecular complexity index is 747. The molecule has 1 atom stereocenters. The van der Waals surface area contributed by atoms with E-state index in [1.54, 1.807) is 18.6 Å². The number of aliphatic hydroxyl groups excluding tert-OH is 1. The van der Waals surface area contributed by atoms with Gasteiger partial charge in [0.2, 0.25) is 0 Å². The van der Waals surface area contributed by atoms with E-state index in [2.05, 4.69) is 19.8 Å². The van der Waals surface area contributed by atoms with E-state index in [1.807, 2.05) is 31.3 Å². The van der Waals surface area contributed by atoms with Gasteiger partial charge in [-0.1, -0.05) is 12.1 Å². The lowest BCUT2D eigenvalue weighted by atomic mass is 9.92. The van der Waals surface area contributed by atoms with Gasteiger partial charge in [0, 0.05) is 38.6 Å². The number of aliphatic hydroxyl groups is 2. The van der Waals surface area contributed by atoms with Crippen molar-refractivity contribution >= 4 is 5.82 Å². The summed E-state index contributed by atoms with van der Waals surface area (Å²) in [6, 6.07) is 7.97. The van der Waals surface area contributed by atoms with Crippen molar-refractivity contribution in [3.8, 4) is 5.75 Å². The van der Waals surface area contributed by atoms with Crippen molar-refractivity contribution in [2.45, 2.75) is 25.0 Å². The third-order valence-electron chi connectivity index (χ3n) is 5.10. The molecule has 1 fully saturated rings. The van der Waals surface area contributed by atoms with Gasteiger partial charge in [0.05, 0.1) is 31.6 Å². The summed E-state index contributed by atoms with van der Waals surface area (Å²) in [5, 5.41) is 19.9. The molecule has 0 spiro atoms. The molecule has 1 aromatic heterocycles. The van der Waals surface area contributed by atoms with Crippen LogP contribution in [0.2, 0.25) is 0 Å². The van der Waals surface area contributed by atoms with Crippen LogP contribution in [0.25, 0.3) is 0 Å². The molecule has 30 heavy (non-hydrogen) atoms. The lowest BCUT2D eigenvalue weighted by molar-refractivity contribution is -0.00349. The minimum Gasteiger partial charge on any atom is -0.491 e. The Morgan fingerprint density at radius 3 is 2.73 bits per heavy atom. The van der Waals surface area contributed by atoms with Crippen molar-refractivity contribution in [3.05, 3.63) is 48.4 Å². The number of aromatic nitrogens is 2. The largest absolute Gasteiger partial charge is 0.491 e. The van der Waals surface area contributed by atoms with Gasteiger partial charge in [0.25, 0.3) is 0 Å². The van der Waals surface area contributed by atoms with E-state index in [0.717, 1.165) is 43.1 Å². The Balaban J connectivity index is 1.46. The molecule has 0 aliphatic carbocycles. The number of hydrogen-bond acceptors (Lipinski definition) is 8. The number of likely N-dealkylation sites (N-methyl/N-ethyl adjacent to an activating group) is 1. The van der Waals surface area contributed by atoms with Crippen molar-refractivity contribution < 1.29 is 19.7 Å². The number of piperidine rings is 1. The Morgan fingerprint density at radius 2 is 2.00 bits per heavy atom. The molecule has 2 aromatic rings. The molecule has 1 saturated heterocycles. The van der Waals surface area contributed by atoms with Crippen molar-refractivity contribution in [2.75, 3.05) is 58.0 Å². The second-order valence-electron chi connectivity index (χ2n) is 7.81. The van der Waals surface area contributed by atoms with Crippen LogP contribution in [0.5, 0.6) is 5.75 Å². The number of benzene rings is 1. The average molecular weight is 417 g/mol. The third-order valence-corrected chi connectivity index (χ3v) is 5.10. The van der Waals surface area contributed by atoms with Gasteiger partial charge in [0.15, 0.2) is 0 Å². The molecule has 0 unspecified atom stereocenters. The zero-order valence-corrected chi connectivity index (χ0v) is 17.6. The van der Waals surface area contributed by atoms with Gasteiger partial charge in [-0.3, -0.25) is 9.88 Å². The maximum Gasteiger partial charge on any atom is 0.147 e. The van der Waals surface area contributed by atoms with E-state index in [0.29, 0.717) is 32.9 Å². The quantitative estimate of drug-likeness (QED) is 0.530. The van der Waals surface area contributed by atoms with Gasteiger partial charge in [-0.15, -0.1) is 0 Å². The number of hydrogen-bond donors (Lipinski definition) is 2. The van der Waals surface area contributed by atoms with E-state index < -0.39 is 5.60 Å². The predicted octanol–water partition coefficient (Wildman–Crippen LogP) is 1.33. The molecular weight excluding hydrogens is 384 g/mol. The summed E-state index contributed by atoms with van der Waals surface area (Å²) in [5.74, 6) is 1.61. The lowest BCUT2D eigenvalue weighted by Gasteiger charge is -2.41. The van der Waals surface area contributed by atoms with E-state index in [1.165, 1.54) is 0 Å². The topological polar surface area (TPSA) is 91.2 Å². The first-order valence-corrected chi connectivity index (χ1v) is 10.4. The third kappa shape index (κ3) is 6.91. The summed E-state index contributed by atoms with van der Waals surface area (Å²) in [7, 11) is 2.03. The molecule has 0 radical (unpaired) electrons. The molecule has 0 amide bonds. The van der Waals surface area contributed by atoms with E-state index in [4.69, 9.17) is 14.6 Å². The molecule has 0 bridgehead atoms. The molecule has 1 aromatic carbocycles. The summed E-state index contributed by atoms with van der Waals surface area (Å²) in [5.41, 5.74) is 0.383. The fourth-order valence-corrected chi connectivity index (χ4v) is 3.84. The minimum absolute atomic E-state index is 0.0235. The monoisotopic (exact) mass is 416 g/mol. The molecule has 8 nitrogen and oxygen atoms in total. The molecule has 2 N–H and O–H groups in total. The highest BCUT2D eigenvalue weighted by Crippen LogP contribution is 2.25. The summed E-state index contributed by atoms with van der Waals surface area (Å²) >= 11 is 0. The molecule has 0 saturated carbocycles. The van der Waals surface area contributed by atoms with Gasteiger partial charge in [-0.05, 0) is 37.6 Å². The van der Waals surface area contributed by atoms with Crippen molar-refractivity contribution in [1.82, 2.24) is 14.9 Å². The second-order valence-corrected chi connectivity index (χ2v) is 7.81. The smallest absolute Gasteiger partial charge is 0.147 e. The molecule has 164 valence electrons. The number of ether oxygens (including phenoxy) is 2. The number of rotatable bonds is 11. The van der Waals surface area contributed by atoms with Crippen molar-refractivity contribution in [3.63, 3.8) is 0 Å². The number of anilines is 1. The molecule has 8 heteroatoms.